The van der Waals surface area contributed by atoms with E-state index in [0.29, 0.717) is 22.3 Å². The summed E-state index contributed by atoms with van der Waals surface area (Å²) in [6.45, 7) is 1.70. The number of thiazole rings is 1. The largest absolute Gasteiger partial charge is 0.379 e. The molecule has 1 atom stereocenters. The molecule has 0 saturated carbocycles. The summed E-state index contributed by atoms with van der Waals surface area (Å²) >= 11 is 7.50. The first-order chi connectivity index (χ1) is 10.1. The first kappa shape index (κ1) is 14.0. The fourth-order valence-corrected chi connectivity index (χ4v) is 2.78. The van der Waals surface area contributed by atoms with Crippen molar-refractivity contribution in [3.63, 3.8) is 0 Å². The third-order valence-electron chi connectivity index (χ3n) is 3.18. The first-order valence-corrected chi connectivity index (χ1v) is 7.55. The molecule has 21 heavy (non-hydrogen) atoms. The second-order valence-electron chi connectivity index (χ2n) is 4.81. The highest BCUT2D eigenvalue weighted by atomic mass is 35.5. The summed E-state index contributed by atoms with van der Waals surface area (Å²) in [4.78, 5) is 21.7. The molecule has 2 heterocycles. The van der Waals surface area contributed by atoms with Crippen LogP contribution in [0.4, 0.5) is 5.13 Å². The summed E-state index contributed by atoms with van der Waals surface area (Å²) in [6, 6.07) is 7.35. The van der Waals surface area contributed by atoms with Crippen LogP contribution in [0.3, 0.4) is 0 Å². The van der Waals surface area contributed by atoms with Crippen LogP contribution < -0.4 is 5.32 Å². The van der Waals surface area contributed by atoms with Crippen molar-refractivity contribution in [2.24, 2.45) is 5.16 Å². The molecule has 5 nitrogen and oxygen atoms in total. The van der Waals surface area contributed by atoms with Gasteiger partial charge in [0, 0.05) is 28.6 Å². The molecule has 2 aromatic rings. The molecule has 0 aliphatic carbocycles. The molecule has 0 saturated heterocycles. The van der Waals surface area contributed by atoms with E-state index in [1.165, 1.54) is 11.3 Å². The Hall–Kier alpha value is -1.92. The van der Waals surface area contributed by atoms with Crippen LogP contribution in [-0.4, -0.2) is 22.2 Å². The van der Waals surface area contributed by atoms with Crippen LogP contribution in [0.25, 0.3) is 0 Å². The van der Waals surface area contributed by atoms with E-state index in [0.717, 1.165) is 5.56 Å². The van der Waals surface area contributed by atoms with Crippen molar-refractivity contribution in [2.75, 3.05) is 5.32 Å². The molecule has 1 aliphatic heterocycles. The molecule has 1 aliphatic rings. The van der Waals surface area contributed by atoms with Crippen molar-refractivity contribution in [1.82, 2.24) is 4.98 Å². The average Bonchev–Trinajstić information content (AvgIpc) is 3.10. The molecule has 3 rings (SSSR count). The lowest BCUT2D eigenvalue weighted by atomic mass is 9.95. The van der Waals surface area contributed by atoms with Crippen molar-refractivity contribution in [1.29, 1.82) is 0 Å². The lowest BCUT2D eigenvalue weighted by Crippen LogP contribution is -2.40. The number of benzene rings is 1. The maximum absolute atomic E-state index is 12.3. The number of carbonyl (C=O) groups excluding carboxylic acids is 1. The van der Waals surface area contributed by atoms with Gasteiger partial charge in [0.05, 0.1) is 5.71 Å². The van der Waals surface area contributed by atoms with E-state index >= 15 is 0 Å². The fraction of sp³-hybridized carbons (Fsp3) is 0.214. The first-order valence-electron chi connectivity index (χ1n) is 6.29. The summed E-state index contributed by atoms with van der Waals surface area (Å²) in [5.41, 5.74) is 0.391. The summed E-state index contributed by atoms with van der Waals surface area (Å²) in [7, 11) is 0. The van der Waals surface area contributed by atoms with Crippen LogP contribution in [0.15, 0.2) is 41.0 Å². The SMILES string of the molecule is CC1(C(=O)Nc2nccs2)CC(c2ccccc2Cl)=NO1. The molecule has 0 spiro atoms. The Morgan fingerprint density at radius 2 is 2.29 bits per heavy atom. The van der Waals surface area contributed by atoms with Gasteiger partial charge in [0.25, 0.3) is 5.91 Å². The highest BCUT2D eigenvalue weighted by Crippen LogP contribution is 2.30. The summed E-state index contributed by atoms with van der Waals surface area (Å²) in [6.07, 6.45) is 1.98. The number of nitrogens with one attached hydrogen (secondary N) is 1. The number of rotatable bonds is 3. The normalized spacial score (nSPS) is 20.8. The zero-order chi connectivity index (χ0) is 14.9. The number of carbonyl (C=O) groups is 1. The molecular formula is C14H12ClN3O2S. The maximum Gasteiger partial charge on any atom is 0.273 e. The third-order valence-corrected chi connectivity index (χ3v) is 4.20. The van der Waals surface area contributed by atoms with E-state index in [1.807, 2.05) is 18.2 Å². The van der Waals surface area contributed by atoms with Gasteiger partial charge in [-0.25, -0.2) is 4.98 Å². The molecule has 1 N–H and O–H groups in total. The quantitative estimate of drug-likeness (QED) is 0.943. The molecule has 0 bridgehead atoms. The molecule has 1 unspecified atom stereocenters. The standard InChI is InChI=1S/C14H12ClN3O2S/c1-14(12(19)17-13-16-6-7-21-13)8-11(18-20-14)9-4-2-3-5-10(9)15/h2-7H,8H2,1H3,(H,16,17,19). The van der Waals surface area contributed by atoms with Gasteiger partial charge in [-0.1, -0.05) is 35.0 Å². The third kappa shape index (κ3) is 2.77. The van der Waals surface area contributed by atoms with Gasteiger partial charge < -0.3 is 4.84 Å². The van der Waals surface area contributed by atoms with Crippen LogP contribution in [0.2, 0.25) is 5.02 Å². The molecule has 0 radical (unpaired) electrons. The molecular weight excluding hydrogens is 310 g/mol. The van der Waals surface area contributed by atoms with Crippen molar-refractivity contribution < 1.29 is 9.63 Å². The Labute approximate surface area is 130 Å². The number of hydrogen-bond donors (Lipinski definition) is 1. The van der Waals surface area contributed by atoms with Crippen LogP contribution >= 0.6 is 22.9 Å². The lowest BCUT2D eigenvalue weighted by Gasteiger charge is -2.19. The molecule has 1 amide bonds. The average molecular weight is 322 g/mol. The van der Waals surface area contributed by atoms with E-state index in [2.05, 4.69) is 15.5 Å². The van der Waals surface area contributed by atoms with Gasteiger partial charge in [0.15, 0.2) is 5.13 Å². The number of oxime groups is 1. The van der Waals surface area contributed by atoms with E-state index in [1.54, 1.807) is 24.6 Å². The monoisotopic (exact) mass is 321 g/mol. The Bertz CT molecular complexity index is 702. The Morgan fingerprint density at radius 3 is 3.00 bits per heavy atom. The van der Waals surface area contributed by atoms with Gasteiger partial charge in [0.2, 0.25) is 5.60 Å². The van der Waals surface area contributed by atoms with Crippen molar-refractivity contribution in [2.45, 2.75) is 18.9 Å². The van der Waals surface area contributed by atoms with Gasteiger partial charge in [-0.05, 0) is 13.0 Å². The van der Waals surface area contributed by atoms with Gasteiger partial charge in [-0.15, -0.1) is 11.3 Å². The van der Waals surface area contributed by atoms with Crippen LogP contribution in [0, 0.1) is 0 Å². The minimum absolute atomic E-state index is 0.275. The van der Waals surface area contributed by atoms with Crippen molar-refractivity contribution in [3.8, 4) is 0 Å². The van der Waals surface area contributed by atoms with E-state index in [4.69, 9.17) is 16.4 Å². The Balaban J connectivity index is 1.75. The second-order valence-corrected chi connectivity index (χ2v) is 6.11. The fourth-order valence-electron chi connectivity index (χ4n) is 2.02. The van der Waals surface area contributed by atoms with Crippen LogP contribution in [0.1, 0.15) is 18.9 Å². The van der Waals surface area contributed by atoms with Crippen LogP contribution in [0.5, 0.6) is 0 Å². The minimum Gasteiger partial charge on any atom is -0.379 e. The van der Waals surface area contributed by atoms with E-state index in [9.17, 15) is 4.79 Å². The highest BCUT2D eigenvalue weighted by molar-refractivity contribution is 7.13. The molecule has 1 aromatic heterocycles. The molecule has 1 aromatic carbocycles. The zero-order valence-corrected chi connectivity index (χ0v) is 12.7. The number of aromatic nitrogens is 1. The number of halogens is 1. The van der Waals surface area contributed by atoms with Crippen molar-refractivity contribution in [3.05, 3.63) is 46.4 Å². The molecule has 0 fully saturated rings. The highest BCUT2D eigenvalue weighted by Gasteiger charge is 2.42. The van der Waals surface area contributed by atoms with E-state index in [-0.39, 0.29) is 5.91 Å². The lowest BCUT2D eigenvalue weighted by molar-refractivity contribution is -0.135. The number of anilines is 1. The predicted molar refractivity (Wildman–Crippen MR) is 82.8 cm³/mol. The second kappa shape index (κ2) is 5.46. The zero-order valence-electron chi connectivity index (χ0n) is 11.2. The van der Waals surface area contributed by atoms with Gasteiger partial charge in [0.1, 0.15) is 0 Å². The summed E-state index contributed by atoms with van der Waals surface area (Å²) < 4.78 is 0. The van der Waals surface area contributed by atoms with Gasteiger partial charge in [-0.2, -0.15) is 0 Å². The minimum atomic E-state index is -1.06. The van der Waals surface area contributed by atoms with E-state index < -0.39 is 5.60 Å². The molecule has 108 valence electrons. The topological polar surface area (TPSA) is 63.6 Å². The van der Waals surface area contributed by atoms with Gasteiger partial charge >= 0.3 is 0 Å². The summed E-state index contributed by atoms with van der Waals surface area (Å²) in [5.74, 6) is -0.275. The number of hydrogen-bond acceptors (Lipinski definition) is 5. The predicted octanol–water partition coefficient (Wildman–Crippen LogP) is 3.32. The number of nitrogens with zero attached hydrogens (tertiary/aromatic N) is 2. The summed E-state index contributed by atoms with van der Waals surface area (Å²) in [5, 5.41) is 9.67. The van der Waals surface area contributed by atoms with Gasteiger partial charge in [-0.3, -0.25) is 10.1 Å². The smallest absolute Gasteiger partial charge is 0.273 e. The maximum atomic E-state index is 12.3. The van der Waals surface area contributed by atoms with Crippen LogP contribution in [-0.2, 0) is 9.63 Å². The Morgan fingerprint density at radius 1 is 1.48 bits per heavy atom. The molecule has 7 heteroatoms. The van der Waals surface area contributed by atoms with Crippen molar-refractivity contribution >= 4 is 39.7 Å². The Kier molecular flexibility index (Phi) is 3.65. The number of amides is 1.